The number of piperidine rings is 1. The molecule has 0 atom stereocenters. The number of likely N-dealkylation sites (tertiary alicyclic amines) is 1. The van der Waals surface area contributed by atoms with Gasteiger partial charge in [-0.15, -0.1) is 0 Å². The molecule has 0 spiro atoms. The normalized spacial score (nSPS) is 14.0. The van der Waals surface area contributed by atoms with Gasteiger partial charge in [0.15, 0.2) is 17.3 Å². The SMILES string of the molecule is COc1ccc(CN(Cc2cccc(F)c2)Cc2ccc(C(=O)N3CCC(n4c(=O)[nH]c5ccccc54)CC3)o2)cc1OC. The van der Waals surface area contributed by atoms with E-state index in [0.29, 0.717) is 62.8 Å². The number of H-pyrrole nitrogens is 1. The molecule has 0 bridgehead atoms. The van der Waals surface area contributed by atoms with Gasteiger partial charge in [-0.1, -0.05) is 30.3 Å². The molecule has 0 radical (unpaired) electrons. The van der Waals surface area contributed by atoms with E-state index in [1.807, 2.05) is 59.2 Å². The van der Waals surface area contributed by atoms with Crippen LogP contribution in [0.4, 0.5) is 4.39 Å². The molecule has 228 valence electrons. The number of hydrogen-bond donors (Lipinski definition) is 1. The lowest BCUT2D eigenvalue weighted by atomic mass is 10.0. The quantitative estimate of drug-likeness (QED) is 0.220. The van der Waals surface area contributed by atoms with Crippen LogP contribution in [0.2, 0.25) is 0 Å². The third kappa shape index (κ3) is 6.26. The van der Waals surface area contributed by atoms with Crippen LogP contribution in [0.1, 0.15) is 46.3 Å². The fourth-order valence-corrected chi connectivity index (χ4v) is 6.02. The van der Waals surface area contributed by atoms with E-state index in [0.717, 1.165) is 22.2 Å². The van der Waals surface area contributed by atoms with Crippen LogP contribution < -0.4 is 15.2 Å². The van der Waals surface area contributed by atoms with Crippen LogP contribution in [0.25, 0.3) is 11.0 Å². The summed E-state index contributed by atoms with van der Waals surface area (Å²) in [6.07, 6.45) is 1.35. The van der Waals surface area contributed by atoms with Crippen molar-refractivity contribution in [2.75, 3.05) is 27.3 Å². The van der Waals surface area contributed by atoms with Crippen LogP contribution in [0.3, 0.4) is 0 Å². The van der Waals surface area contributed by atoms with Crippen LogP contribution >= 0.6 is 0 Å². The molecule has 10 heteroatoms. The summed E-state index contributed by atoms with van der Waals surface area (Å²) in [5.41, 5.74) is 3.39. The number of furan rings is 1. The number of benzene rings is 3. The van der Waals surface area contributed by atoms with E-state index in [9.17, 15) is 14.0 Å². The first-order valence-electron chi connectivity index (χ1n) is 14.7. The lowest BCUT2D eigenvalue weighted by Gasteiger charge is -2.32. The standard InChI is InChI=1S/C34H35FN4O5/c1-42-30-12-10-24(19-32(30)43-2)21-37(20-23-6-5-7-25(35)18-23)22-27-11-13-31(44-27)33(40)38-16-14-26(15-17-38)39-29-9-4-3-8-28(29)36-34(39)41/h3-13,18-19,26H,14-17,20-22H2,1-2H3,(H,36,41). The number of para-hydroxylation sites is 2. The highest BCUT2D eigenvalue weighted by Crippen LogP contribution is 2.29. The molecule has 3 heterocycles. The first kappa shape index (κ1) is 29.3. The average Bonchev–Trinajstić information content (AvgIpc) is 3.64. The third-order valence-electron chi connectivity index (χ3n) is 8.14. The second-order valence-corrected chi connectivity index (χ2v) is 11.1. The van der Waals surface area contributed by atoms with E-state index in [1.165, 1.54) is 12.1 Å². The van der Waals surface area contributed by atoms with Gasteiger partial charge in [0.1, 0.15) is 11.6 Å². The van der Waals surface area contributed by atoms with E-state index < -0.39 is 0 Å². The zero-order valence-corrected chi connectivity index (χ0v) is 24.8. The van der Waals surface area contributed by atoms with Gasteiger partial charge in [0.05, 0.1) is 31.8 Å². The van der Waals surface area contributed by atoms with Crippen molar-refractivity contribution >= 4 is 16.9 Å². The summed E-state index contributed by atoms with van der Waals surface area (Å²) in [4.78, 5) is 32.9. The lowest BCUT2D eigenvalue weighted by Crippen LogP contribution is -2.40. The van der Waals surface area contributed by atoms with Gasteiger partial charge in [0.2, 0.25) is 0 Å². The van der Waals surface area contributed by atoms with Gasteiger partial charge in [-0.3, -0.25) is 14.3 Å². The minimum atomic E-state index is -0.294. The van der Waals surface area contributed by atoms with E-state index in [2.05, 4.69) is 9.88 Å². The van der Waals surface area contributed by atoms with E-state index in [1.54, 1.807) is 31.3 Å². The van der Waals surface area contributed by atoms with Gasteiger partial charge < -0.3 is 23.8 Å². The Labute approximate surface area is 254 Å². The van der Waals surface area contributed by atoms with Crippen LogP contribution in [0, 0.1) is 5.82 Å². The van der Waals surface area contributed by atoms with Gasteiger partial charge >= 0.3 is 5.69 Å². The van der Waals surface area contributed by atoms with Crippen molar-refractivity contribution in [3.05, 3.63) is 118 Å². The summed E-state index contributed by atoms with van der Waals surface area (Å²) in [7, 11) is 3.19. The molecule has 1 aliphatic heterocycles. The van der Waals surface area contributed by atoms with Crippen molar-refractivity contribution in [1.82, 2.24) is 19.4 Å². The fraction of sp³-hybridized carbons (Fsp3) is 0.294. The minimum Gasteiger partial charge on any atom is -0.493 e. The third-order valence-corrected chi connectivity index (χ3v) is 8.14. The molecule has 9 nitrogen and oxygen atoms in total. The molecule has 2 aromatic heterocycles. The molecule has 0 unspecified atom stereocenters. The molecule has 0 aliphatic carbocycles. The van der Waals surface area contributed by atoms with Crippen LogP contribution in [0.15, 0.2) is 88.1 Å². The number of halogens is 1. The number of nitrogens with one attached hydrogen (secondary N) is 1. The van der Waals surface area contributed by atoms with Gasteiger partial charge in [-0.2, -0.15) is 0 Å². The summed E-state index contributed by atoms with van der Waals surface area (Å²) in [6, 6.07) is 23.5. The first-order chi connectivity index (χ1) is 21.4. The number of aromatic nitrogens is 2. The minimum absolute atomic E-state index is 0.0165. The molecule has 1 fully saturated rings. The predicted octanol–water partition coefficient (Wildman–Crippen LogP) is 5.76. The monoisotopic (exact) mass is 598 g/mol. The number of carbonyl (C=O) groups excluding carboxylic acids is 1. The maximum atomic E-state index is 14.0. The number of aromatic amines is 1. The average molecular weight is 599 g/mol. The second kappa shape index (κ2) is 12.8. The molecule has 5 aromatic rings. The molecular formula is C34H35FN4O5. The van der Waals surface area contributed by atoms with Crippen molar-refractivity contribution in [3.8, 4) is 11.5 Å². The van der Waals surface area contributed by atoms with Crippen LogP contribution in [0.5, 0.6) is 11.5 Å². The molecule has 6 rings (SSSR count). The summed E-state index contributed by atoms with van der Waals surface area (Å²) >= 11 is 0. The summed E-state index contributed by atoms with van der Waals surface area (Å²) < 4.78 is 32.7. The predicted molar refractivity (Wildman–Crippen MR) is 164 cm³/mol. The van der Waals surface area contributed by atoms with Crippen LogP contribution in [-0.2, 0) is 19.6 Å². The lowest BCUT2D eigenvalue weighted by molar-refractivity contribution is 0.0658. The van der Waals surface area contributed by atoms with Crippen molar-refractivity contribution < 1.29 is 23.1 Å². The Hall–Kier alpha value is -4.83. The highest BCUT2D eigenvalue weighted by molar-refractivity contribution is 5.91. The number of methoxy groups -OCH3 is 2. The second-order valence-electron chi connectivity index (χ2n) is 11.1. The van der Waals surface area contributed by atoms with E-state index in [-0.39, 0.29) is 29.2 Å². The highest BCUT2D eigenvalue weighted by Gasteiger charge is 2.28. The van der Waals surface area contributed by atoms with Crippen molar-refractivity contribution in [1.29, 1.82) is 0 Å². The van der Waals surface area contributed by atoms with Crippen LogP contribution in [-0.4, -0.2) is 52.6 Å². The zero-order chi connectivity index (χ0) is 30.6. The van der Waals surface area contributed by atoms with Crippen molar-refractivity contribution in [2.45, 2.75) is 38.5 Å². The van der Waals surface area contributed by atoms with Gasteiger partial charge in [-0.05, 0) is 72.5 Å². The molecule has 44 heavy (non-hydrogen) atoms. The van der Waals surface area contributed by atoms with E-state index in [4.69, 9.17) is 13.9 Å². The van der Waals surface area contributed by atoms with Gasteiger partial charge in [-0.25, -0.2) is 9.18 Å². The number of fused-ring (bicyclic) bond motifs is 1. The fourth-order valence-electron chi connectivity index (χ4n) is 6.02. The summed E-state index contributed by atoms with van der Waals surface area (Å²) in [5.74, 6) is 1.71. The molecule has 1 N–H and O–H groups in total. The number of rotatable bonds is 10. The number of carbonyl (C=O) groups is 1. The summed E-state index contributed by atoms with van der Waals surface area (Å²) in [5, 5.41) is 0. The number of imidazole rings is 1. The molecule has 1 aliphatic rings. The Morgan fingerprint density at radius 1 is 0.909 bits per heavy atom. The zero-order valence-electron chi connectivity index (χ0n) is 24.8. The molecule has 0 saturated carbocycles. The Kier molecular flexibility index (Phi) is 8.51. The maximum absolute atomic E-state index is 14.0. The number of hydrogen-bond acceptors (Lipinski definition) is 6. The summed E-state index contributed by atoms with van der Waals surface area (Å²) in [6.45, 7) is 2.45. The Morgan fingerprint density at radius 3 is 2.41 bits per heavy atom. The van der Waals surface area contributed by atoms with Crippen molar-refractivity contribution in [3.63, 3.8) is 0 Å². The molecule has 1 amide bonds. The molecular weight excluding hydrogens is 563 g/mol. The first-order valence-corrected chi connectivity index (χ1v) is 14.7. The number of nitrogens with zero attached hydrogens (tertiary/aromatic N) is 3. The van der Waals surface area contributed by atoms with Gasteiger partial charge in [0, 0.05) is 32.2 Å². The maximum Gasteiger partial charge on any atom is 0.326 e. The number of amides is 1. The van der Waals surface area contributed by atoms with Gasteiger partial charge in [0.25, 0.3) is 5.91 Å². The Balaban J connectivity index is 1.14. The number of ether oxygens (including phenoxy) is 2. The smallest absolute Gasteiger partial charge is 0.326 e. The molecule has 3 aromatic carbocycles. The highest BCUT2D eigenvalue weighted by atomic mass is 19.1. The molecule has 1 saturated heterocycles. The largest absolute Gasteiger partial charge is 0.493 e. The van der Waals surface area contributed by atoms with E-state index >= 15 is 0 Å². The van der Waals surface area contributed by atoms with Crippen molar-refractivity contribution in [2.24, 2.45) is 0 Å². The Bertz CT molecular complexity index is 1820. The Morgan fingerprint density at radius 2 is 1.66 bits per heavy atom. The topological polar surface area (TPSA) is 92.9 Å².